The Kier molecular flexibility index (Phi) is 6.88. The van der Waals surface area contributed by atoms with Gasteiger partial charge < -0.3 is 5.32 Å². The van der Waals surface area contributed by atoms with Crippen LogP contribution in [-0.2, 0) is 6.54 Å². The lowest BCUT2D eigenvalue weighted by Crippen LogP contribution is -2.19. The fourth-order valence-electron chi connectivity index (χ4n) is 3.99. The summed E-state index contributed by atoms with van der Waals surface area (Å²) in [6.07, 6.45) is 1.84. The second-order valence-corrected chi connectivity index (χ2v) is 9.65. The quantitative estimate of drug-likeness (QED) is 0.583. The molecule has 0 amide bonds. The lowest BCUT2D eigenvalue weighted by Gasteiger charge is -2.19. The maximum Gasteiger partial charge on any atom is 0.129 e. The molecule has 6 heteroatoms. The Morgan fingerprint density at radius 2 is 2.09 bits per heavy atom. The number of nitrogens with zero attached hydrogens (tertiary/aromatic N) is 4. The minimum absolute atomic E-state index is 0.184. The minimum Gasteiger partial charge on any atom is -0.367 e. The van der Waals surface area contributed by atoms with Gasteiger partial charge in [-0.2, -0.15) is 5.10 Å². The lowest BCUT2D eigenvalue weighted by molar-refractivity contribution is 0.464. The average molecular weight is 446 g/mol. The first-order valence-electron chi connectivity index (χ1n) is 11.1. The highest BCUT2D eigenvalue weighted by Crippen LogP contribution is 2.47. The van der Waals surface area contributed by atoms with E-state index >= 15 is 0 Å². The van der Waals surface area contributed by atoms with Crippen molar-refractivity contribution in [2.75, 3.05) is 31.7 Å². The normalized spacial score (nSPS) is 17.8. The number of nitrogens with one attached hydrogen (secondary N) is 1. The van der Waals surface area contributed by atoms with Crippen molar-refractivity contribution in [3.05, 3.63) is 64.8 Å². The van der Waals surface area contributed by atoms with Gasteiger partial charge in [-0.05, 0) is 70.3 Å². The number of hydrogen-bond donors (Lipinski definition) is 1. The van der Waals surface area contributed by atoms with E-state index in [4.69, 9.17) is 5.10 Å². The molecular weight excluding hydrogens is 414 g/mol. The highest BCUT2D eigenvalue weighted by molar-refractivity contribution is 7.99. The molecule has 32 heavy (non-hydrogen) atoms. The van der Waals surface area contributed by atoms with Crippen molar-refractivity contribution in [1.29, 1.82) is 0 Å². The molecule has 1 aliphatic heterocycles. The summed E-state index contributed by atoms with van der Waals surface area (Å²) in [5, 5.41) is 8.90. The Balaban J connectivity index is 1.81. The van der Waals surface area contributed by atoms with E-state index in [0.717, 1.165) is 41.6 Å². The maximum absolute atomic E-state index is 4.99. The standard InChI is InChI=1S/C26H31N5S/c1-6-31-26-23(24(29-31)22-11-7-8-14-27-22)25(32-17-19(3)28-26)21-13-12-20(16-18(21)2)10-9-15-30(4)5/h7-8,11-14,16,19,25,28H,6,15,17H2,1-5H3. The third kappa shape index (κ3) is 4.69. The molecule has 1 aliphatic rings. The number of hydrogen-bond acceptors (Lipinski definition) is 5. The fraction of sp³-hybridized carbons (Fsp3) is 0.385. The molecule has 3 aromatic rings. The van der Waals surface area contributed by atoms with Crippen LogP contribution in [0.15, 0.2) is 42.6 Å². The Bertz CT molecular complexity index is 1140. The van der Waals surface area contributed by atoms with E-state index in [-0.39, 0.29) is 5.25 Å². The third-order valence-corrected chi connectivity index (χ3v) is 7.05. The van der Waals surface area contributed by atoms with Gasteiger partial charge in [-0.25, -0.2) is 4.68 Å². The van der Waals surface area contributed by atoms with Crippen LogP contribution in [-0.4, -0.2) is 52.1 Å². The van der Waals surface area contributed by atoms with Crippen LogP contribution in [0, 0.1) is 18.8 Å². The van der Waals surface area contributed by atoms with E-state index in [1.807, 2.05) is 44.2 Å². The van der Waals surface area contributed by atoms with E-state index in [1.54, 1.807) is 0 Å². The van der Waals surface area contributed by atoms with Crippen LogP contribution in [0.1, 0.15) is 41.4 Å². The van der Waals surface area contributed by atoms with Crippen molar-refractivity contribution in [2.24, 2.45) is 0 Å². The highest BCUT2D eigenvalue weighted by atomic mass is 32.2. The van der Waals surface area contributed by atoms with E-state index in [2.05, 4.69) is 76.8 Å². The summed E-state index contributed by atoms with van der Waals surface area (Å²) in [5.41, 5.74) is 6.76. The topological polar surface area (TPSA) is 46.0 Å². The van der Waals surface area contributed by atoms with Crippen LogP contribution in [0.2, 0.25) is 0 Å². The molecule has 166 valence electrons. The summed E-state index contributed by atoms with van der Waals surface area (Å²) in [5.74, 6) is 8.68. The Hall–Kier alpha value is -2.75. The van der Waals surface area contributed by atoms with Gasteiger partial charge in [0, 0.05) is 35.7 Å². The van der Waals surface area contributed by atoms with Crippen molar-refractivity contribution in [1.82, 2.24) is 19.7 Å². The second kappa shape index (κ2) is 9.81. The van der Waals surface area contributed by atoms with Crippen molar-refractivity contribution in [3.8, 4) is 23.2 Å². The molecule has 0 bridgehead atoms. The van der Waals surface area contributed by atoms with Gasteiger partial charge in [0.05, 0.1) is 17.5 Å². The third-order valence-electron chi connectivity index (χ3n) is 5.53. The Labute approximate surface area is 195 Å². The molecule has 4 rings (SSSR count). The predicted octanol–water partition coefficient (Wildman–Crippen LogP) is 4.82. The van der Waals surface area contributed by atoms with Crippen LogP contribution >= 0.6 is 11.8 Å². The average Bonchev–Trinajstić information content (AvgIpc) is 3.04. The maximum atomic E-state index is 4.99. The Morgan fingerprint density at radius 1 is 1.25 bits per heavy atom. The molecule has 2 atom stereocenters. The van der Waals surface area contributed by atoms with Gasteiger partial charge >= 0.3 is 0 Å². The van der Waals surface area contributed by atoms with Gasteiger partial charge in [-0.3, -0.25) is 9.88 Å². The number of aromatic nitrogens is 3. The summed E-state index contributed by atoms with van der Waals surface area (Å²) in [6, 6.07) is 13.0. The molecule has 0 saturated carbocycles. The fourth-order valence-corrected chi connectivity index (χ4v) is 5.39. The van der Waals surface area contributed by atoms with Gasteiger partial charge in [0.15, 0.2) is 0 Å². The molecule has 0 fully saturated rings. The number of rotatable bonds is 4. The SMILES string of the molecule is CCn1nc(-c2ccccn2)c2c1NC(C)CSC2c1ccc(C#CCN(C)C)cc1C. The van der Waals surface area contributed by atoms with E-state index < -0.39 is 0 Å². The van der Waals surface area contributed by atoms with Crippen LogP contribution in [0.4, 0.5) is 5.82 Å². The van der Waals surface area contributed by atoms with Crippen molar-refractivity contribution < 1.29 is 0 Å². The zero-order valence-electron chi connectivity index (χ0n) is 19.5. The minimum atomic E-state index is 0.184. The van der Waals surface area contributed by atoms with Crippen LogP contribution in [0.5, 0.6) is 0 Å². The summed E-state index contributed by atoms with van der Waals surface area (Å²) < 4.78 is 2.09. The smallest absolute Gasteiger partial charge is 0.129 e. The van der Waals surface area contributed by atoms with E-state index in [1.165, 1.54) is 16.7 Å². The van der Waals surface area contributed by atoms with Crippen LogP contribution < -0.4 is 5.32 Å². The number of aryl methyl sites for hydroxylation is 2. The second-order valence-electron chi connectivity index (χ2n) is 8.51. The molecule has 0 spiro atoms. The zero-order chi connectivity index (χ0) is 22.7. The number of pyridine rings is 1. The molecule has 0 radical (unpaired) electrons. The van der Waals surface area contributed by atoms with Gasteiger partial charge in [0.2, 0.25) is 0 Å². The Morgan fingerprint density at radius 3 is 2.78 bits per heavy atom. The molecule has 5 nitrogen and oxygen atoms in total. The number of anilines is 1. The molecule has 2 aromatic heterocycles. The number of benzene rings is 1. The molecular formula is C26H31N5S. The van der Waals surface area contributed by atoms with Gasteiger partial charge in [-0.1, -0.05) is 24.0 Å². The first kappa shape index (κ1) is 22.4. The van der Waals surface area contributed by atoms with Crippen molar-refractivity contribution >= 4 is 17.6 Å². The molecule has 0 aliphatic carbocycles. The number of thioether (sulfide) groups is 1. The van der Waals surface area contributed by atoms with E-state index in [0.29, 0.717) is 6.04 Å². The largest absolute Gasteiger partial charge is 0.367 e. The van der Waals surface area contributed by atoms with Crippen molar-refractivity contribution in [2.45, 2.75) is 38.6 Å². The lowest BCUT2D eigenvalue weighted by atomic mass is 9.96. The first-order chi connectivity index (χ1) is 15.5. The first-order valence-corrected chi connectivity index (χ1v) is 12.2. The molecule has 2 unspecified atom stereocenters. The molecule has 3 heterocycles. The highest BCUT2D eigenvalue weighted by Gasteiger charge is 2.32. The monoisotopic (exact) mass is 445 g/mol. The summed E-state index contributed by atoms with van der Waals surface area (Å²) >= 11 is 1.98. The van der Waals surface area contributed by atoms with E-state index in [9.17, 15) is 0 Å². The number of fused-ring (bicyclic) bond motifs is 1. The molecule has 0 saturated heterocycles. The zero-order valence-corrected chi connectivity index (χ0v) is 20.3. The molecule has 1 N–H and O–H groups in total. The summed E-state index contributed by atoms with van der Waals surface area (Å²) in [6.45, 7) is 8.14. The molecule has 1 aromatic carbocycles. The summed E-state index contributed by atoms with van der Waals surface area (Å²) in [4.78, 5) is 6.71. The van der Waals surface area contributed by atoms with Crippen molar-refractivity contribution in [3.63, 3.8) is 0 Å². The van der Waals surface area contributed by atoms with Gasteiger partial charge in [0.1, 0.15) is 11.5 Å². The predicted molar refractivity (Wildman–Crippen MR) is 135 cm³/mol. The summed E-state index contributed by atoms with van der Waals surface area (Å²) in [7, 11) is 4.07. The van der Waals surface area contributed by atoms with Gasteiger partial charge in [-0.15, -0.1) is 11.8 Å². The van der Waals surface area contributed by atoms with Crippen LogP contribution in [0.3, 0.4) is 0 Å². The van der Waals surface area contributed by atoms with Gasteiger partial charge in [0.25, 0.3) is 0 Å². The van der Waals surface area contributed by atoms with Crippen LogP contribution in [0.25, 0.3) is 11.4 Å².